The maximum absolute atomic E-state index is 12.8. The van der Waals surface area contributed by atoms with Gasteiger partial charge in [-0.2, -0.15) is 0 Å². The van der Waals surface area contributed by atoms with E-state index in [0.717, 1.165) is 38.5 Å². The Morgan fingerprint density at radius 3 is 1.10 bits per heavy atom. The number of esters is 2. The number of allylic oxidation sites excluding steroid dienone is 4. The first-order valence-corrected chi connectivity index (χ1v) is 27.9. The van der Waals surface area contributed by atoms with E-state index >= 15 is 0 Å². The number of hydrogen-bond donors (Lipinski definition) is 0. The van der Waals surface area contributed by atoms with Crippen LogP contribution in [0.3, 0.4) is 0 Å². The summed E-state index contributed by atoms with van der Waals surface area (Å²) in [5.41, 5.74) is 0. The normalized spacial score (nSPS) is 12.2. The summed E-state index contributed by atoms with van der Waals surface area (Å²) >= 11 is 0. The van der Waals surface area contributed by atoms with Crippen LogP contribution in [0.4, 0.5) is 0 Å². The van der Waals surface area contributed by atoms with Crippen molar-refractivity contribution in [3.63, 3.8) is 0 Å². The van der Waals surface area contributed by atoms with Gasteiger partial charge in [0.05, 0.1) is 6.61 Å². The Kier molecular flexibility index (Phi) is 52.3. The molecule has 0 fully saturated rings. The van der Waals surface area contributed by atoms with Crippen LogP contribution in [0.25, 0.3) is 0 Å². The minimum atomic E-state index is -0.531. The Hall–Kier alpha value is -1.62. The van der Waals surface area contributed by atoms with E-state index in [1.807, 2.05) is 0 Å². The first kappa shape index (κ1) is 60.4. The number of carbonyl (C=O) groups excluding carboxylic acids is 2. The van der Waals surface area contributed by atoms with E-state index in [0.29, 0.717) is 26.1 Å². The molecule has 0 bridgehead atoms. The third kappa shape index (κ3) is 51.0. The largest absolute Gasteiger partial charge is 0.462 e. The lowest BCUT2D eigenvalue weighted by molar-refractivity contribution is -0.163. The summed E-state index contributed by atoms with van der Waals surface area (Å²) in [4.78, 5) is 25.4. The highest BCUT2D eigenvalue weighted by molar-refractivity contribution is 5.70. The quantitative estimate of drug-likeness (QED) is 0.0346. The van der Waals surface area contributed by atoms with Crippen molar-refractivity contribution in [1.29, 1.82) is 0 Å². The van der Waals surface area contributed by atoms with E-state index in [-0.39, 0.29) is 18.5 Å². The van der Waals surface area contributed by atoms with E-state index in [2.05, 4.69) is 45.1 Å². The van der Waals surface area contributed by atoms with Crippen LogP contribution in [0, 0.1) is 0 Å². The standard InChI is InChI=1S/C57H108O5/c1-4-7-10-13-16-19-22-25-27-29-30-33-35-38-41-44-47-50-56(58)61-54-55(62-57(59)51-48-45-42-39-36-32-24-21-18-15-12-9-6-3)53-60-52-49-46-43-40-37-34-31-28-26-23-20-17-14-11-8-5-2/h16,19,25,27,55H,4-15,17-18,20-24,26,28-54H2,1-3H3/b19-16-,27-25-/t55-/m1/s1. The van der Waals surface area contributed by atoms with Gasteiger partial charge in [-0.15, -0.1) is 0 Å². The molecule has 0 aliphatic rings. The first-order valence-electron chi connectivity index (χ1n) is 27.9. The van der Waals surface area contributed by atoms with Crippen LogP contribution in [0.15, 0.2) is 24.3 Å². The second kappa shape index (κ2) is 53.7. The Morgan fingerprint density at radius 1 is 0.355 bits per heavy atom. The number of hydrogen-bond acceptors (Lipinski definition) is 5. The van der Waals surface area contributed by atoms with Crippen LogP contribution in [0.2, 0.25) is 0 Å². The van der Waals surface area contributed by atoms with Crippen LogP contribution < -0.4 is 0 Å². The second-order valence-corrected chi connectivity index (χ2v) is 18.9. The molecule has 5 nitrogen and oxygen atoms in total. The van der Waals surface area contributed by atoms with E-state index < -0.39 is 6.10 Å². The molecule has 1 atom stereocenters. The summed E-state index contributed by atoms with van der Waals surface area (Å²) < 4.78 is 17.5. The lowest BCUT2D eigenvalue weighted by Crippen LogP contribution is -2.30. The first-order chi connectivity index (χ1) is 30.6. The fourth-order valence-corrected chi connectivity index (χ4v) is 8.31. The molecule has 0 heterocycles. The maximum atomic E-state index is 12.8. The second-order valence-electron chi connectivity index (χ2n) is 18.9. The number of unbranched alkanes of at least 4 members (excludes halogenated alkanes) is 37. The molecule has 0 spiro atoms. The number of carbonyl (C=O) groups is 2. The third-order valence-electron chi connectivity index (χ3n) is 12.5. The van der Waals surface area contributed by atoms with E-state index in [4.69, 9.17) is 14.2 Å². The Labute approximate surface area is 387 Å². The molecule has 0 aliphatic heterocycles. The van der Waals surface area contributed by atoms with E-state index in [9.17, 15) is 9.59 Å². The van der Waals surface area contributed by atoms with Crippen molar-refractivity contribution in [2.45, 2.75) is 309 Å². The van der Waals surface area contributed by atoms with Crippen molar-refractivity contribution < 1.29 is 23.8 Å². The Balaban J connectivity index is 4.21. The molecule has 0 unspecified atom stereocenters. The van der Waals surface area contributed by atoms with E-state index in [1.54, 1.807) is 0 Å². The molecule has 62 heavy (non-hydrogen) atoms. The monoisotopic (exact) mass is 873 g/mol. The molecule has 0 aromatic rings. The molecule has 0 amide bonds. The summed E-state index contributed by atoms with van der Waals surface area (Å²) in [6.07, 6.45) is 63.3. The van der Waals surface area contributed by atoms with Crippen molar-refractivity contribution in [3.05, 3.63) is 24.3 Å². The lowest BCUT2D eigenvalue weighted by Gasteiger charge is -2.18. The van der Waals surface area contributed by atoms with Crippen molar-refractivity contribution >= 4 is 11.9 Å². The van der Waals surface area contributed by atoms with Gasteiger partial charge in [0.2, 0.25) is 0 Å². The molecule has 5 heteroatoms. The molecule has 0 saturated heterocycles. The number of rotatable bonds is 52. The zero-order valence-electron chi connectivity index (χ0n) is 42.2. The van der Waals surface area contributed by atoms with Gasteiger partial charge in [-0.25, -0.2) is 0 Å². The minimum absolute atomic E-state index is 0.0891. The molecule has 0 aromatic heterocycles. The van der Waals surface area contributed by atoms with Gasteiger partial charge in [0, 0.05) is 19.4 Å². The van der Waals surface area contributed by atoms with E-state index in [1.165, 1.54) is 231 Å². The average molecular weight is 873 g/mol. The molecule has 0 rings (SSSR count). The van der Waals surface area contributed by atoms with Gasteiger partial charge in [0.1, 0.15) is 6.61 Å². The van der Waals surface area contributed by atoms with Crippen LogP contribution in [-0.4, -0.2) is 37.9 Å². The number of ether oxygens (including phenoxy) is 3. The highest BCUT2D eigenvalue weighted by Crippen LogP contribution is 2.16. The summed E-state index contributed by atoms with van der Waals surface area (Å²) in [7, 11) is 0. The summed E-state index contributed by atoms with van der Waals surface area (Å²) in [5, 5.41) is 0. The van der Waals surface area contributed by atoms with Gasteiger partial charge in [-0.05, 0) is 51.4 Å². The zero-order chi connectivity index (χ0) is 44.9. The van der Waals surface area contributed by atoms with Crippen LogP contribution in [0.1, 0.15) is 303 Å². The third-order valence-corrected chi connectivity index (χ3v) is 12.5. The summed E-state index contributed by atoms with van der Waals surface area (Å²) in [6.45, 7) is 7.86. The predicted octanol–water partition coefficient (Wildman–Crippen LogP) is 18.8. The average Bonchev–Trinajstić information content (AvgIpc) is 3.27. The van der Waals surface area contributed by atoms with Crippen molar-refractivity contribution in [2.75, 3.05) is 19.8 Å². The van der Waals surface area contributed by atoms with Gasteiger partial charge in [-0.3, -0.25) is 9.59 Å². The minimum Gasteiger partial charge on any atom is -0.462 e. The smallest absolute Gasteiger partial charge is 0.306 e. The zero-order valence-corrected chi connectivity index (χ0v) is 42.2. The molecule has 0 radical (unpaired) electrons. The van der Waals surface area contributed by atoms with Crippen LogP contribution >= 0.6 is 0 Å². The molecular formula is C57H108O5. The fourth-order valence-electron chi connectivity index (χ4n) is 8.31. The fraction of sp³-hybridized carbons (Fsp3) is 0.895. The topological polar surface area (TPSA) is 61.8 Å². The Morgan fingerprint density at radius 2 is 0.677 bits per heavy atom. The van der Waals surface area contributed by atoms with Gasteiger partial charge < -0.3 is 14.2 Å². The SMILES string of the molecule is CCCCC/C=C\C/C=C\CCCCCCCCCC(=O)OC[C@@H](COCCCCCCCCCCCCCCCCCC)OC(=O)CCCCCCCCCCCCCCC. The maximum Gasteiger partial charge on any atom is 0.306 e. The van der Waals surface area contributed by atoms with Gasteiger partial charge in [0.25, 0.3) is 0 Å². The van der Waals surface area contributed by atoms with Gasteiger partial charge in [0.15, 0.2) is 6.10 Å². The predicted molar refractivity (Wildman–Crippen MR) is 270 cm³/mol. The summed E-state index contributed by atoms with van der Waals surface area (Å²) in [6, 6.07) is 0. The highest BCUT2D eigenvalue weighted by atomic mass is 16.6. The van der Waals surface area contributed by atoms with Gasteiger partial charge in [-0.1, -0.05) is 263 Å². The van der Waals surface area contributed by atoms with Gasteiger partial charge >= 0.3 is 11.9 Å². The lowest BCUT2D eigenvalue weighted by atomic mass is 10.0. The van der Waals surface area contributed by atoms with Crippen LogP contribution in [0.5, 0.6) is 0 Å². The molecule has 0 aliphatic carbocycles. The molecule has 0 aromatic carbocycles. The van der Waals surface area contributed by atoms with Crippen molar-refractivity contribution in [2.24, 2.45) is 0 Å². The Bertz CT molecular complexity index is 943. The highest BCUT2D eigenvalue weighted by Gasteiger charge is 2.17. The van der Waals surface area contributed by atoms with Crippen molar-refractivity contribution in [3.8, 4) is 0 Å². The molecule has 0 saturated carbocycles. The van der Waals surface area contributed by atoms with Crippen LogP contribution in [-0.2, 0) is 23.8 Å². The summed E-state index contributed by atoms with van der Waals surface area (Å²) in [5.74, 6) is -0.385. The molecular weight excluding hydrogens is 765 g/mol. The molecule has 0 N–H and O–H groups in total. The van der Waals surface area contributed by atoms with Crippen molar-refractivity contribution in [1.82, 2.24) is 0 Å². The molecule has 366 valence electrons.